The maximum Gasteiger partial charge on any atom is 0.293 e. The molecule has 2 aromatic rings. The van der Waals surface area contributed by atoms with Crippen molar-refractivity contribution in [3.63, 3.8) is 0 Å². The number of carbonyl (C=O) groups excluding carboxylic acids is 1. The van der Waals surface area contributed by atoms with E-state index in [0.29, 0.717) is 16.9 Å². The minimum atomic E-state index is -0.452. The van der Waals surface area contributed by atoms with Gasteiger partial charge in [-0.1, -0.05) is 49.9 Å². The third-order valence-electron chi connectivity index (χ3n) is 5.12. The van der Waals surface area contributed by atoms with Crippen molar-refractivity contribution in [1.29, 1.82) is 0 Å². The molecule has 0 atom stereocenters. The highest BCUT2D eigenvalue weighted by Crippen LogP contribution is 2.36. The molecule has 1 saturated carbocycles. The van der Waals surface area contributed by atoms with E-state index >= 15 is 0 Å². The summed E-state index contributed by atoms with van der Waals surface area (Å²) in [6, 6.07) is 10.4. The van der Waals surface area contributed by atoms with Gasteiger partial charge in [0.25, 0.3) is 11.6 Å². The standard InChI is InChI=1S/C21H24ClN3O3/c1-2-14-8-10-15(11-9-14)21(26)24-18-13-19(20(25(27)28)12-17(18)22)23-16-6-4-3-5-7-16/h8-13,16,23H,2-7H2,1H3,(H,24,26). The van der Waals surface area contributed by atoms with Gasteiger partial charge in [0.1, 0.15) is 5.69 Å². The molecule has 28 heavy (non-hydrogen) atoms. The van der Waals surface area contributed by atoms with Gasteiger partial charge in [0.15, 0.2) is 0 Å². The molecule has 148 valence electrons. The largest absolute Gasteiger partial charge is 0.377 e. The van der Waals surface area contributed by atoms with E-state index in [1.54, 1.807) is 18.2 Å². The van der Waals surface area contributed by atoms with Crippen molar-refractivity contribution in [2.45, 2.75) is 51.5 Å². The number of benzene rings is 2. The molecule has 2 N–H and O–H groups in total. The van der Waals surface area contributed by atoms with Crippen LogP contribution < -0.4 is 10.6 Å². The minimum absolute atomic E-state index is 0.0825. The van der Waals surface area contributed by atoms with Crippen molar-refractivity contribution < 1.29 is 9.72 Å². The van der Waals surface area contributed by atoms with E-state index in [9.17, 15) is 14.9 Å². The second kappa shape index (κ2) is 9.06. The Kier molecular flexibility index (Phi) is 6.52. The number of nitro groups is 1. The number of anilines is 2. The minimum Gasteiger partial charge on any atom is -0.377 e. The molecule has 1 aliphatic carbocycles. The maximum absolute atomic E-state index is 12.6. The summed E-state index contributed by atoms with van der Waals surface area (Å²) in [6.07, 6.45) is 6.26. The van der Waals surface area contributed by atoms with Gasteiger partial charge >= 0.3 is 0 Å². The van der Waals surface area contributed by atoms with E-state index in [0.717, 1.165) is 37.7 Å². The molecule has 0 heterocycles. The number of hydrogen-bond donors (Lipinski definition) is 2. The van der Waals surface area contributed by atoms with Gasteiger partial charge in [-0.2, -0.15) is 0 Å². The summed E-state index contributed by atoms with van der Waals surface area (Å²) in [7, 11) is 0. The lowest BCUT2D eigenvalue weighted by Crippen LogP contribution is -2.23. The zero-order valence-electron chi connectivity index (χ0n) is 15.8. The van der Waals surface area contributed by atoms with Gasteiger partial charge in [-0.15, -0.1) is 0 Å². The predicted octanol–water partition coefficient (Wildman–Crippen LogP) is 5.81. The van der Waals surface area contributed by atoms with Crippen molar-refractivity contribution in [3.8, 4) is 0 Å². The molecule has 1 fully saturated rings. The second-order valence-corrected chi connectivity index (χ2v) is 7.50. The molecule has 0 aromatic heterocycles. The monoisotopic (exact) mass is 401 g/mol. The van der Waals surface area contributed by atoms with Crippen LogP contribution in [0.5, 0.6) is 0 Å². The van der Waals surface area contributed by atoms with Crippen molar-refractivity contribution >= 4 is 34.6 Å². The smallest absolute Gasteiger partial charge is 0.293 e. The molecule has 7 heteroatoms. The summed E-state index contributed by atoms with van der Waals surface area (Å²) >= 11 is 6.22. The highest BCUT2D eigenvalue weighted by molar-refractivity contribution is 6.34. The van der Waals surface area contributed by atoms with E-state index < -0.39 is 4.92 Å². The first kappa shape index (κ1) is 20.1. The lowest BCUT2D eigenvalue weighted by molar-refractivity contribution is -0.384. The second-order valence-electron chi connectivity index (χ2n) is 7.09. The van der Waals surface area contributed by atoms with E-state index in [-0.39, 0.29) is 22.7 Å². The highest BCUT2D eigenvalue weighted by Gasteiger charge is 2.22. The van der Waals surface area contributed by atoms with Crippen LogP contribution in [0.15, 0.2) is 36.4 Å². The number of halogens is 1. The van der Waals surface area contributed by atoms with Crippen molar-refractivity contribution in [2.75, 3.05) is 10.6 Å². The predicted molar refractivity (Wildman–Crippen MR) is 112 cm³/mol. The maximum atomic E-state index is 12.6. The Labute approximate surface area is 169 Å². The molecule has 0 bridgehead atoms. The zero-order chi connectivity index (χ0) is 20.1. The van der Waals surface area contributed by atoms with Crippen LogP contribution in [0.25, 0.3) is 0 Å². The van der Waals surface area contributed by atoms with Crippen LogP contribution in [-0.2, 0) is 6.42 Å². The van der Waals surface area contributed by atoms with Crippen LogP contribution in [0.1, 0.15) is 54.9 Å². The van der Waals surface area contributed by atoms with Crippen LogP contribution in [0.2, 0.25) is 5.02 Å². The summed E-state index contributed by atoms with van der Waals surface area (Å²) in [4.78, 5) is 23.6. The third-order valence-corrected chi connectivity index (χ3v) is 5.43. The Morgan fingerprint density at radius 1 is 1.14 bits per heavy atom. The number of nitro benzene ring substituents is 1. The number of rotatable bonds is 6. The van der Waals surface area contributed by atoms with Gasteiger partial charge in [-0.3, -0.25) is 14.9 Å². The van der Waals surface area contributed by atoms with Crippen LogP contribution in [-0.4, -0.2) is 16.9 Å². The summed E-state index contributed by atoms with van der Waals surface area (Å²) in [6.45, 7) is 2.05. The Bertz CT molecular complexity index is 862. The first-order valence-electron chi connectivity index (χ1n) is 9.62. The van der Waals surface area contributed by atoms with Crippen LogP contribution in [0, 0.1) is 10.1 Å². The number of hydrogen-bond acceptors (Lipinski definition) is 4. The fraction of sp³-hybridized carbons (Fsp3) is 0.381. The SMILES string of the molecule is CCc1ccc(C(=O)Nc2cc(NC3CCCCC3)c([N+](=O)[O-])cc2Cl)cc1. The molecule has 0 spiro atoms. The summed E-state index contributed by atoms with van der Waals surface area (Å²) in [5.41, 5.74) is 2.31. The molecule has 1 aliphatic rings. The molecule has 0 radical (unpaired) electrons. The van der Waals surface area contributed by atoms with Gasteiger partial charge in [-0.05, 0) is 43.0 Å². The number of nitrogens with zero attached hydrogens (tertiary/aromatic N) is 1. The normalized spacial score (nSPS) is 14.5. The number of aryl methyl sites for hydroxylation is 1. The molecule has 6 nitrogen and oxygen atoms in total. The first-order chi connectivity index (χ1) is 13.5. The Morgan fingerprint density at radius 3 is 2.43 bits per heavy atom. The summed E-state index contributed by atoms with van der Waals surface area (Å²) in [5, 5.41) is 17.6. The van der Waals surface area contributed by atoms with Crippen LogP contribution >= 0.6 is 11.6 Å². The zero-order valence-corrected chi connectivity index (χ0v) is 16.6. The van der Waals surface area contributed by atoms with Crippen LogP contribution in [0.4, 0.5) is 17.1 Å². The molecular formula is C21H24ClN3O3. The molecule has 1 amide bonds. The lowest BCUT2D eigenvalue weighted by Gasteiger charge is -2.24. The van der Waals surface area contributed by atoms with E-state index in [4.69, 9.17) is 11.6 Å². The molecule has 0 saturated heterocycles. The fourth-order valence-electron chi connectivity index (χ4n) is 3.48. The molecule has 3 rings (SSSR count). The summed E-state index contributed by atoms with van der Waals surface area (Å²) < 4.78 is 0. The van der Waals surface area contributed by atoms with Gasteiger partial charge in [0.2, 0.25) is 0 Å². The highest BCUT2D eigenvalue weighted by atomic mass is 35.5. The van der Waals surface area contributed by atoms with E-state index in [1.165, 1.54) is 12.5 Å². The summed E-state index contributed by atoms with van der Waals surface area (Å²) in [5.74, 6) is -0.304. The van der Waals surface area contributed by atoms with E-state index in [1.807, 2.05) is 19.1 Å². The lowest BCUT2D eigenvalue weighted by atomic mass is 9.95. The van der Waals surface area contributed by atoms with Gasteiger partial charge in [0, 0.05) is 17.7 Å². The number of carbonyl (C=O) groups is 1. The Hall–Kier alpha value is -2.60. The van der Waals surface area contributed by atoms with Crippen molar-refractivity contribution in [2.24, 2.45) is 0 Å². The average molecular weight is 402 g/mol. The quantitative estimate of drug-likeness (QED) is 0.472. The molecule has 0 aliphatic heterocycles. The Balaban J connectivity index is 1.83. The molecule has 2 aromatic carbocycles. The molecule has 0 unspecified atom stereocenters. The first-order valence-corrected chi connectivity index (χ1v) is 10.0. The Morgan fingerprint density at radius 2 is 1.82 bits per heavy atom. The average Bonchev–Trinajstić information content (AvgIpc) is 2.70. The number of amides is 1. The van der Waals surface area contributed by atoms with Crippen molar-refractivity contribution in [3.05, 3.63) is 62.7 Å². The van der Waals surface area contributed by atoms with Gasteiger partial charge in [-0.25, -0.2) is 0 Å². The van der Waals surface area contributed by atoms with E-state index in [2.05, 4.69) is 10.6 Å². The number of nitrogens with one attached hydrogen (secondary N) is 2. The van der Waals surface area contributed by atoms with Crippen molar-refractivity contribution in [1.82, 2.24) is 0 Å². The van der Waals surface area contributed by atoms with Gasteiger partial charge in [0.05, 0.1) is 15.6 Å². The van der Waals surface area contributed by atoms with Crippen LogP contribution in [0.3, 0.4) is 0 Å². The third kappa shape index (κ3) is 4.81. The van der Waals surface area contributed by atoms with Gasteiger partial charge < -0.3 is 10.6 Å². The molecular weight excluding hydrogens is 378 g/mol. The topological polar surface area (TPSA) is 84.3 Å². The fourth-order valence-corrected chi connectivity index (χ4v) is 3.68.